The van der Waals surface area contributed by atoms with Crippen LogP contribution in [0.4, 0.5) is 4.79 Å². The Morgan fingerprint density at radius 1 is 1.29 bits per heavy atom. The summed E-state index contributed by atoms with van der Waals surface area (Å²) in [6.07, 6.45) is 2.67. The fraction of sp³-hybridized carbons (Fsp3) is 0.571. The summed E-state index contributed by atoms with van der Waals surface area (Å²) in [6, 6.07) is 5.61. The SMILES string of the molecule is CCC(O)Oc1ccc2c(C3CCN(C(=O)OC(C)(C)C)CC3)ncnc2c1. The van der Waals surface area contributed by atoms with Gasteiger partial charge in [0.15, 0.2) is 6.29 Å². The van der Waals surface area contributed by atoms with Gasteiger partial charge in [-0.15, -0.1) is 0 Å². The highest BCUT2D eigenvalue weighted by molar-refractivity contribution is 5.82. The molecule has 1 aliphatic heterocycles. The molecule has 0 spiro atoms. The number of likely N-dealkylation sites (tertiary alicyclic amines) is 1. The summed E-state index contributed by atoms with van der Waals surface area (Å²) in [6.45, 7) is 8.78. The molecule has 1 amide bonds. The minimum absolute atomic E-state index is 0.255. The van der Waals surface area contributed by atoms with Crippen LogP contribution in [0.5, 0.6) is 5.75 Å². The van der Waals surface area contributed by atoms with E-state index in [1.54, 1.807) is 11.2 Å². The summed E-state index contributed by atoms with van der Waals surface area (Å²) >= 11 is 0. The molecule has 1 fully saturated rings. The number of ether oxygens (including phenoxy) is 2. The van der Waals surface area contributed by atoms with Gasteiger partial charge in [-0.1, -0.05) is 6.92 Å². The van der Waals surface area contributed by atoms with Crippen LogP contribution in [0.1, 0.15) is 58.6 Å². The van der Waals surface area contributed by atoms with Gasteiger partial charge in [-0.3, -0.25) is 0 Å². The monoisotopic (exact) mass is 387 g/mol. The highest BCUT2D eigenvalue weighted by atomic mass is 16.6. The molecule has 1 unspecified atom stereocenters. The van der Waals surface area contributed by atoms with E-state index in [4.69, 9.17) is 9.47 Å². The minimum atomic E-state index is -0.823. The third kappa shape index (κ3) is 4.90. The molecule has 3 rings (SSSR count). The first kappa shape index (κ1) is 20.3. The van der Waals surface area contributed by atoms with Gasteiger partial charge in [0.05, 0.1) is 11.2 Å². The lowest BCUT2D eigenvalue weighted by atomic mass is 9.91. The predicted octanol–water partition coefficient (Wildman–Crippen LogP) is 3.85. The number of amides is 1. The Morgan fingerprint density at radius 2 is 2.00 bits per heavy atom. The number of benzene rings is 1. The lowest BCUT2D eigenvalue weighted by molar-refractivity contribution is -0.0190. The number of fused-ring (bicyclic) bond motifs is 1. The van der Waals surface area contributed by atoms with Crippen molar-refractivity contribution < 1.29 is 19.4 Å². The molecular weight excluding hydrogens is 358 g/mol. The minimum Gasteiger partial charge on any atom is -0.465 e. The zero-order chi connectivity index (χ0) is 20.3. The zero-order valence-corrected chi connectivity index (χ0v) is 17.0. The van der Waals surface area contributed by atoms with E-state index in [0.29, 0.717) is 25.3 Å². The lowest BCUT2D eigenvalue weighted by Gasteiger charge is -2.33. The van der Waals surface area contributed by atoms with E-state index in [9.17, 15) is 9.90 Å². The molecule has 0 bridgehead atoms. The third-order valence-electron chi connectivity index (χ3n) is 4.79. The molecule has 0 radical (unpaired) electrons. The first-order valence-electron chi connectivity index (χ1n) is 9.84. The van der Waals surface area contributed by atoms with Crippen LogP contribution in [0.25, 0.3) is 10.9 Å². The van der Waals surface area contributed by atoms with Crippen LogP contribution >= 0.6 is 0 Å². The van der Waals surface area contributed by atoms with Crippen molar-refractivity contribution in [1.82, 2.24) is 14.9 Å². The van der Waals surface area contributed by atoms with Gasteiger partial charge in [0, 0.05) is 36.9 Å². The summed E-state index contributed by atoms with van der Waals surface area (Å²) in [4.78, 5) is 22.9. The number of piperidine rings is 1. The normalized spacial score (nSPS) is 16.8. The molecule has 28 heavy (non-hydrogen) atoms. The smallest absolute Gasteiger partial charge is 0.410 e. The average molecular weight is 387 g/mol. The molecule has 0 saturated carbocycles. The molecular formula is C21H29N3O4. The number of aliphatic hydroxyl groups is 1. The predicted molar refractivity (Wildman–Crippen MR) is 106 cm³/mol. The number of carbonyl (C=O) groups excluding carboxylic acids is 1. The summed E-state index contributed by atoms with van der Waals surface area (Å²) in [5.41, 5.74) is 1.30. The van der Waals surface area contributed by atoms with Crippen LogP contribution in [0.15, 0.2) is 24.5 Å². The maximum Gasteiger partial charge on any atom is 0.410 e. The molecule has 2 aromatic rings. The molecule has 1 aliphatic rings. The topological polar surface area (TPSA) is 84.8 Å². The first-order valence-corrected chi connectivity index (χ1v) is 9.84. The van der Waals surface area contributed by atoms with Crippen LogP contribution in [-0.2, 0) is 4.74 Å². The van der Waals surface area contributed by atoms with E-state index in [1.165, 1.54) is 0 Å². The summed E-state index contributed by atoms with van der Waals surface area (Å²) < 4.78 is 10.9. The molecule has 1 saturated heterocycles. The van der Waals surface area contributed by atoms with Crippen molar-refractivity contribution >= 4 is 17.0 Å². The lowest BCUT2D eigenvalue weighted by Crippen LogP contribution is -2.41. The van der Waals surface area contributed by atoms with Crippen LogP contribution in [-0.4, -0.2) is 51.0 Å². The first-order chi connectivity index (χ1) is 13.3. The maximum absolute atomic E-state index is 12.3. The van der Waals surface area contributed by atoms with Crippen molar-refractivity contribution in [1.29, 1.82) is 0 Å². The summed E-state index contributed by atoms with van der Waals surface area (Å²) in [5.74, 6) is 0.850. The van der Waals surface area contributed by atoms with Gasteiger partial charge in [0.25, 0.3) is 0 Å². The van der Waals surface area contributed by atoms with E-state index in [0.717, 1.165) is 29.4 Å². The van der Waals surface area contributed by atoms with Gasteiger partial charge in [-0.25, -0.2) is 14.8 Å². The quantitative estimate of drug-likeness (QED) is 0.802. The van der Waals surface area contributed by atoms with Crippen molar-refractivity contribution in [3.8, 4) is 5.75 Å². The number of aliphatic hydroxyl groups excluding tert-OH is 1. The molecule has 1 aromatic heterocycles. The number of aromatic nitrogens is 2. The van der Waals surface area contributed by atoms with Gasteiger partial charge < -0.3 is 19.5 Å². The van der Waals surface area contributed by atoms with Crippen LogP contribution < -0.4 is 4.74 Å². The van der Waals surface area contributed by atoms with Crippen molar-refractivity contribution in [2.75, 3.05) is 13.1 Å². The number of nitrogens with zero attached hydrogens (tertiary/aromatic N) is 3. The van der Waals surface area contributed by atoms with E-state index < -0.39 is 11.9 Å². The van der Waals surface area contributed by atoms with Crippen LogP contribution in [0.3, 0.4) is 0 Å². The Labute approximate surface area is 165 Å². The number of hydrogen-bond acceptors (Lipinski definition) is 6. The Bertz CT molecular complexity index is 826. The molecule has 7 nitrogen and oxygen atoms in total. The van der Waals surface area contributed by atoms with E-state index in [-0.39, 0.29) is 12.0 Å². The van der Waals surface area contributed by atoms with Gasteiger partial charge in [-0.2, -0.15) is 0 Å². The maximum atomic E-state index is 12.3. The van der Waals surface area contributed by atoms with Crippen molar-refractivity contribution in [2.24, 2.45) is 0 Å². The molecule has 1 aromatic carbocycles. The molecule has 1 atom stereocenters. The second-order valence-electron chi connectivity index (χ2n) is 8.16. The Kier molecular flexibility index (Phi) is 6.03. The molecule has 2 heterocycles. The van der Waals surface area contributed by atoms with Gasteiger partial charge in [0.2, 0.25) is 0 Å². The van der Waals surface area contributed by atoms with E-state index in [1.807, 2.05) is 45.9 Å². The van der Waals surface area contributed by atoms with Gasteiger partial charge in [-0.05, 0) is 45.7 Å². The standard InChI is InChI=1S/C21H29N3O4/c1-5-18(25)27-15-6-7-16-17(12-15)22-13-23-19(16)14-8-10-24(11-9-14)20(26)28-21(2,3)4/h6-7,12-14,18,25H,5,8-11H2,1-4H3. The fourth-order valence-electron chi connectivity index (χ4n) is 3.36. The Morgan fingerprint density at radius 3 is 2.64 bits per heavy atom. The highest BCUT2D eigenvalue weighted by Gasteiger charge is 2.28. The van der Waals surface area contributed by atoms with E-state index >= 15 is 0 Å². The summed E-state index contributed by atoms with van der Waals surface area (Å²) in [5, 5.41) is 10.7. The molecule has 0 aliphatic carbocycles. The molecule has 152 valence electrons. The highest BCUT2D eigenvalue weighted by Crippen LogP contribution is 2.32. The fourth-order valence-corrected chi connectivity index (χ4v) is 3.36. The Balaban J connectivity index is 1.72. The van der Waals surface area contributed by atoms with Gasteiger partial charge in [0.1, 0.15) is 17.7 Å². The van der Waals surface area contributed by atoms with Crippen molar-refractivity contribution in [3.63, 3.8) is 0 Å². The van der Waals surface area contributed by atoms with E-state index in [2.05, 4.69) is 9.97 Å². The number of hydrogen-bond donors (Lipinski definition) is 1. The van der Waals surface area contributed by atoms with Crippen molar-refractivity contribution in [2.45, 2.75) is 64.8 Å². The largest absolute Gasteiger partial charge is 0.465 e. The third-order valence-corrected chi connectivity index (χ3v) is 4.79. The number of rotatable bonds is 4. The van der Waals surface area contributed by atoms with Crippen molar-refractivity contribution in [3.05, 3.63) is 30.2 Å². The summed E-state index contributed by atoms with van der Waals surface area (Å²) in [7, 11) is 0. The van der Waals surface area contributed by atoms with Crippen LogP contribution in [0, 0.1) is 0 Å². The van der Waals surface area contributed by atoms with Crippen LogP contribution in [0.2, 0.25) is 0 Å². The zero-order valence-electron chi connectivity index (χ0n) is 17.0. The van der Waals surface area contributed by atoms with Gasteiger partial charge >= 0.3 is 6.09 Å². The average Bonchev–Trinajstić information content (AvgIpc) is 2.66. The second-order valence-corrected chi connectivity index (χ2v) is 8.16. The molecule has 7 heteroatoms. The Hall–Kier alpha value is -2.41. The molecule has 1 N–H and O–H groups in total. The second kappa shape index (κ2) is 8.31. The number of carbonyl (C=O) groups is 1.